The molecule has 0 saturated carbocycles. The summed E-state index contributed by atoms with van der Waals surface area (Å²) in [6.07, 6.45) is -0.765. The van der Waals surface area contributed by atoms with E-state index in [1.807, 2.05) is 0 Å². The first kappa shape index (κ1) is 22.1. The average Bonchev–Trinajstić information content (AvgIpc) is 2.78. The molecule has 0 saturated heterocycles. The van der Waals surface area contributed by atoms with E-state index in [-0.39, 0.29) is 45.8 Å². The smallest absolute Gasteiger partial charge is 0.264 e. The Balaban J connectivity index is 1.72. The highest BCUT2D eigenvalue weighted by Gasteiger charge is 2.34. The van der Waals surface area contributed by atoms with Crippen molar-refractivity contribution in [2.24, 2.45) is 0 Å². The van der Waals surface area contributed by atoms with E-state index in [1.165, 1.54) is 42.5 Å². The highest BCUT2D eigenvalue weighted by molar-refractivity contribution is 7.92. The number of halogens is 2. The van der Waals surface area contributed by atoms with Crippen molar-refractivity contribution in [1.82, 2.24) is 0 Å². The van der Waals surface area contributed by atoms with Crippen molar-refractivity contribution in [3.8, 4) is 5.75 Å². The number of rotatable bonds is 5. The normalized spacial score (nSPS) is 15.6. The molecule has 0 radical (unpaired) electrons. The third-order valence-corrected chi connectivity index (χ3v) is 6.98. The van der Waals surface area contributed by atoms with Gasteiger partial charge in [-0.1, -0.05) is 35.9 Å². The van der Waals surface area contributed by atoms with E-state index in [1.54, 1.807) is 18.2 Å². The van der Waals surface area contributed by atoms with Crippen LogP contribution in [0.4, 0.5) is 15.8 Å². The van der Waals surface area contributed by atoms with Crippen LogP contribution in [0.2, 0.25) is 5.02 Å². The lowest BCUT2D eigenvalue weighted by atomic mass is 10.1. The van der Waals surface area contributed by atoms with Crippen molar-refractivity contribution < 1.29 is 27.4 Å². The van der Waals surface area contributed by atoms with Gasteiger partial charge in [0.25, 0.3) is 15.9 Å². The number of aliphatic hydroxyl groups is 1. The molecule has 3 aromatic carbocycles. The van der Waals surface area contributed by atoms with Gasteiger partial charge in [0.1, 0.15) is 17.7 Å². The van der Waals surface area contributed by atoms with E-state index in [9.17, 15) is 22.7 Å². The van der Waals surface area contributed by atoms with Gasteiger partial charge in [0.15, 0.2) is 0 Å². The highest BCUT2D eigenvalue weighted by Crippen LogP contribution is 2.39. The van der Waals surface area contributed by atoms with Crippen LogP contribution in [0.3, 0.4) is 0 Å². The van der Waals surface area contributed by atoms with Gasteiger partial charge in [0.2, 0.25) is 0 Å². The summed E-state index contributed by atoms with van der Waals surface area (Å²) in [5.41, 5.74) is 0.0700. The zero-order chi connectivity index (χ0) is 22.9. The number of fused-ring (bicyclic) bond motifs is 1. The Morgan fingerprint density at radius 1 is 1.16 bits per heavy atom. The van der Waals surface area contributed by atoms with Crippen molar-refractivity contribution >= 4 is 38.9 Å². The lowest BCUT2D eigenvalue weighted by Gasteiger charge is -2.35. The maximum atomic E-state index is 14.1. The molecule has 0 spiro atoms. The van der Waals surface area contributed by atoms with Crippen molar-refractivity contribution in [2.75, 3.05) is 22.8 Å². The van der Waals surface area contributed by atoms with Gasteiger partial charge in [-0.2, -0.15) is 0 Å². The van der Waals surface area contributed by atoms with Crippen LogP contribution in [0, 0.1) is 5.82 Å². The van der Waals surface area contributed by atoms with Gasteiger partial charge in [0, 0.05) is 5.69 Å². The Morgan fingerprint density at radius 3 is 2.59 bits per heavy atom. The summed E-state index contributed by atoms with van der Waals surface area (Å²) >= 11 is 5.96. The van der Waals surface area contributed by atoms with Crippen LogP contribution in [0.25, 0.3) is 0 Å². The summed E-state index contributed by atoms with van der Waals surface area (Å²) < 4.78 is 47.5. The predicted molar refractivity (Wildman–Crippen MR) is 118 cm³/mol. The zero-order valence-corrected chi connectivity index (χ0v) is 18.1. The quantitative estimate of drug-likeness (QED) is 0.585. The number of benzene rings is 3. The molecule has 0 fully saturated rings. The Kier molecular flexibility index (Phi) is 6.05. The van der Waals surface area contributed by atoms with Crippen molar-refractivity contribution in [3.05, 3.63) is 83.1 Å². The number of nitrogens with zero attached hydrogens (tertiary/aromatic N) is 1. The maximum Gasteiger partial charge on any atom is 0.264 e. The lowest BCUT2D eigenvalue weighted by molar-refractivity contribution is 0.102. The molecule has 1 heterocycles. The summed E-state index contributed by atoms with van der Waals surface area (Å²) in [5, 5.41) is 12.1. The Labute approximate surface area is 189 Å². The molecule has 0 bridgehead atoms. The van der Waals surface area contributed by atoms with Gasteiger partial charge in [-0.15, -0.1) is 0 Å². The third-order valence-electron chi connectivity index (χ3n) is 4.87. The number of amides is 1. The Hall–Kier alpha value is -3.14. The van der Waals surface area contributed by atoms with Crippen molar-refractivity contribution in [3.63, 3.8) is 0 Å². The lowest BCUT2D eigenvalue weighted by Crippen LogP contribution is -2.45. The molecule has 0 aliphatic carbocycles. The second-order valence-electron chi connectivity index (χ2n) is 7.00. The van der Waals surface area contributed by atoms with E-state index in [0.717, 1.165) is 10.4 Å². The number of nitrogens with one attached hydrogen (secondary N) is 1. The molecule has 7 nitrogen and oxygen atoms in total. The first-order chi connectivity index (χ1) is 15.3. The van der Waals surface area contributed by atoms with E-state index < -0.39 is 27.9 Å². The third kappa shape index (κ3) is 4.14. The average molecular weight is 477 g/mol. The minimum atomic E-state index is -3.98. The largest absolute Gasteiger partial charge is 0.484 e. The maximum absolute atomic E-state index is 14.1. The Morgan fingerprint density at radius 2 is 1.91 bits per heavy atom. The number of anilines is 2. The molecule has 1 unspecified atom stereocenters. The molecule has 166 valence electrons. The first-order valence-electron chi connectivity index (χ1n) is 9.56. The molecular weight excluding hydrogens is 459 g/mol. The van der Waals surface area contributed by atoms with Crippen LogP contribution in [-0.4, -0.2) is 38.7 Å². The minimum absolute atomic E-state index is 0.0529. The zero-order valence-electron chi connectivity index (χ0n) is 16.5. The molecule has 1 amide bonds. The summed E-state index contributed by atoms with van der Waals surface area (Å²) in [6.45, 7) is -0.512. The van der Waals surface area contributed by atoms with E-state index >= 15 is 0 Å². The van der Waals surface area contributed by atoms with E-state index in [2.05, 4.69) is 5.32 Å². The predicted octanol–water partition coefficient (Wildman–Crippen LogP) is 3.68. The van der Waals surface area contributed by atoms with Gasteiger partial charge in [-0.3, -0.25) is 9.10 Å². The van der Waals surface area contributed by atoms with E-state index in [0.29, 0.717) is 0 Å². The summed E-state index contributed by atoms with van der Waals surface area (Å²) in [5.74, 6) is -1.34. The van der Waals surface area contributed by atoms with Gasteiger partial charge in [-0.25, -0.2) is 12.8 Å². The van der Waals surface area contributed by atoms with Gasteiger partial charge in [0.05, 0.1) is 34.3 Å². The molecule has 1 atom stereocenters. The molecule has 2 N–H and O–H groups in total. The van der Waals surface area contributed by atoms with Crippen LogP contribution in [-0.2, 0) is 10.0 Å². The fourth-order valence-corrected chi connectivity index (χ4v) is 5.11. The van der Waals surface area contributed by atoms with Crippen LogP contribution >= 0.6 is 11.6 Å². The van der Waals surface area contributed by atoms with Crippen LogP contribution < -0.4 is 14.4 Å². The molecule has 32 heavy (non-hydrogen) atoms. The fourth-order valence-electron chi connectivity index (χ4n) is 3.34. The van der Waals surface area contributed by atoms with Crippen LogP contribution in [0.5, 0.6) is 5.75 Å². The number of aliphatic hydroxyl groups excluding tert-OH is 1. The second kappa shape index (κ2) is 8.78. The molecule has 1 aliphatic rings. The number of hydrogen-bond acceptors (Lipinski definition) is 5. The van der Waals surface area contributed by atoms with Crippen molar-refractivity contribution in [1.29, 1.82) is 0 Å². The summed E-state index contributed by atoms with van der Waals surface area (Å²) in [4.78, 5) is 12.7. The fraction of sp³-hybridized carbons (Fsp3) is 0.136. The first-order valence-corrected chi connectivity index (χ1v) is 11.4. The van der Waals surface area contributed by atoms with Gasteiger partial charge < -0.3 is 15.2 Å². The second-order valence-corrected chi connectivity index (χ2v) is 9.27. The highest BCUT2D eigenvalue weighted by atomic mass is 35.5. The topological polar surface area (TPSA) is 95.9 Å². The molecule has 1 aliphatic heterocycles. The molecular formula is C22H18ClFN2O5S. The van der Waals surface area contributed by atoms with Gasteiger partial charge in [-0.05, 0) is 42.5 Å². The summed E-state index contributed by atoms with van der Waals surface area (Å²) in [7, 11) is -3.98. The van der Waals surface area contributed by atoms with Gasteiger partial charge >= 0.3 is 0 Å². The standard InChI is InChI=1S/C22H18ClFN2O5S/c23-17-7-4-8-18(24)21(17)22(28)25-14-9-10-20-19(11-14)26(12-15(13-27)31-20)32(29,30)16-5-2-1-3-6-16/h1-11,15,27H,12-13H2,(H,25,28). The number of sulfonamides is 1. The molecule has 10 heteroatoms. The monoisotopic (exact) mass is 476 g/mol. The summed E-state index contributed by atoms with van der Waals surface area (Å²) in [6, 6.07) is 16.1. The number of carbonyl (C=O) groups excluding carboxylic acids is 1. The molecule has 4 rings (SSSR count). The SMILES string of the molecule is O=C(Nc1ccc2c(c1)N(S(=O)(=O)c1ccccc1)CC(CO)O2)c1c(F)cccc1Cl. The molecule has 0 aromatic heterocycles. The Bertz CT molecular complexity index is 1250. The number of ether oxygens (including phenoxy) is 1. The number of hydrogen-bond donors (Lipinski definition) is 2. The molecule has 3 aromatic rings. The van der Waals surface area contributed by atoms with Crippen LogP contribution in [0.15, 0.2) is 71.6 Å². The number of carbonyl (C=O) groups is 1. The van der Waals surface area contributed by atoms with Crippen LogP contribution in [0.1, 0.15) is 10.4 Å². The van der Waals surface area contributed by atoms with E-state index in [4.69, 9.17) is 16.3 Å². The van der Waals surface area contributed by atoms with Crippen molar-refractivity contribution in [2.45, 2.75) is 11.0 Å². The minimum Gasteiger partial charge on any atom is -0.484 e.